The number of halogens is 1. The molecule has 1 aromatic carbocycles. The van der Waals surface area contributed by atoms with Crippen LogP contribution < -0.4 is 26.4 Å². The SMILES string of the molecule is CCOc1ccc(Br)c(C2CN(c3cc(N)nc(N)n3)CCN2)c1. The van der Waals surface area contributed by atoms with Gasteiger partial charge >= 0.3 is 0 Å². The second-order valence-electron chi connectivity index (χ2n) is 5.58. The van der Waals surface area contributed by atoms with Crippen molar-refractivity contribution in [2.45, 2.75) is 13.0 Å². The maximum Gasteiger partial charge on any atom is 0.223 e. The van der Waals surface area contributed by atoms with E-state index < -0.39 is 0 Å². The van der Waals surface area contributed by atoms with Crippen molar-refractivity contribution >= 4 is 33.5 Å². The van der Waals surface area contributed by atoms with Gasteiger partial charge in [-0.05, 0) is 30.7 Å². The highest BCUT2D eigenvalue weighted by atomic mass is 79.9. The van der Waals surface area contributed by atoms with E-state index in [4.69, 9.17) is 16.2 Å². The van der Waals surface area contributed by atoms with Gasteiger partial charge in [0, 0.05) is 30.2 Å². The topological polar surface area (TPSA) is 102 Å². The molecule has 1 aliphatic rings. The minimum atomic E-state index is 0.144. The fourth-order valence-corrected chi connectivity index (χ4v) is 3.37. The highest BCUT2D eigenvalue weighted by molar-refractivity contribution is 9.10. The standard InChI is InChI=1S/C16H21BrN6O/c1-2-24-10-3-4-12(17)11(7-10)13-9-23(6-5-20-13)15-8-14(18)21-16(19)22-15/h3-4,7-8,13,20H,2,5-6,9H2,1H3,(H4,18,19,21,22). The number of nitrogens with zero attached hydrogens (tertiary/aromatic N) is 3. The number of nitrogens with one attached hydrogen (secondary N) is 1. The van der Waals surface area contributed by atoms with Crippen LogP contribution in [0.15, 0.2) is 28.7 Å². The lowest BCUT2D eigenvalue weighted by Crippen LogP contribution is -2.46. The summed E-state index contributed by atoms with van der Waals surface area (Å²) in [5.41, 5.74) is 12.7. The van der Waals surface area contributed by atoms with Gasteiger partial charge in [0.15, 0.2) is 0 Å². The van der Waals surface area contributed by atoms with E-state index in [2.05, 4.69) is 42.2 Å². The quantitative estimate of drug-likeness (QED) is 0.730. The molecule has 5 N–H and O–H groups in total. The van der Waals surface area contributed by atoms with Crippen molar-refractivity contribution in [1.82, 2.24) is 15.3 Å². The third-order valence-corrected chi connectivity index (χ3v) is 4.63. The molecular formula is C16H21BrN6O. The first kappa shape index (κ1) is 16.8. The molecule has 0 amide bonds. The van der Waals surface area contributed by atoms with Crippen molar-refractivity contribution in [3.05, 3.63) is 34.3 Å². The molecule has 1 saturated heterocycles. The van der Waals surface area contributed by atoms with E-state index in [0.29, 0.717) is 12.4 Å². The smallest absolute Gasteiger partial charge is 0.223 e. The normalized spacial score (nSPS) is 17.8. The van der Waals surface area contributed by atoms with E-state index >= 15 is 0 Å². The Morgan fingerprint density at radius 1 is 1.33 bits per heavy atom. The molecule has 0 radical (unpaired) electrons. The van der Waals surface area contributed by atoms with E-state index in [1.807, 2.05) is 19.1 Å². The molecule has 1 aromatic heterocycles. The molecule has 1 atom stereocenters. The summed E-state index contributed by atoms with van der Waals surface area (Å²) in [5, 5.41) is 3.54. The van der Waals surface area contributed by atoms with Crippen LogP contribution in [0.4, 0.5) is 17.6 Å². The molecule has 3 rings (SSSR count). The zero-order chi connectivity index (χ0) is 17.1. The zero-order valence-corrected chi connectivity index (χ0v) is 15.1. The summed E-state index contributed by atoms with van der Waals surface area (Å²) in [4.78, 5) is 10.4. The summed E-state index contributed by atoms with van der Waals surface area (Å²) in [5.74, 6) is 2.19. The van der Waals surface area contributed by atoms with E-state index in [-0.39, 0.29) is 12.0 Å². The number of nitrogens with two attached hydrogens (primary N) is 2. The van der Waals surface area contributed by atoms with Crippen LogP contribution in [-0.2, 0) is 0 Å². The van der Waals surface area contributed by atoms with Gasteiger partial charge in [-0.2, -0.15) is 9.97 Å². The van der Waals surface area contributed by atoms with E-state index in [0.717, 1.165) is 41.2 Å². The number of benzene rings is 1. The van der Waals surface area contributed by atoms with Crippen molar-refractivity contribution in [3.8, 4) is 5.75 Å². The second-order valence-corrected chi connectivity index (χ2v) is 6.43. The second kappa shape index (κ2) is 7.23. The van der Waals surface area contributed by atoms with Gasteiger partial charge in [-0.25, -0.2) is 0 Å². The monoisotopic (exact) mass is 392 g/mol. The van der Waals surface area contributed by atoms with E-state index in [1.165, 1.54) is 0 Å². The number of ether oxygens (including phenoxy) is 1. The molecule has 2 aromatic rings. The first-order valence-corrected chi connectivity index (χ1v) is 8.66. The van der Waals surface area contributed by atoms with Gasteiger partial charge in [0.2, 0.25) is 5.95 Å². The molecule has 0 spiro atoms. The maximum atomic E-state index is 5.79. The maximum absolute atomic E-state index is 5.79. The van der Waals surface area contributed by atoms with Crippen molar-refractivity contribution < 1.29 is 4.74 Å². The van der Waals surface area contributed by atoms with Gasteiger partial charge < -0.3 is 26.4 Å². The molecular weight excluding hydrogens is 372 g/mol. The zero-order valence-electron chi connectivity index (χ0n) is 13.5. The number of hydrogen-bond acceptors (Lipinski definition) is 7. The summed E-state index contributed by atoms with van der Waals surface area (Å²) < 4.78 is 6.67. The largest absolute Gasteiger partial charge is 0.494 e. The Kier molecular flexibility index (Phi) is 5.06. The van der Waals surface area contributed by atoms with Crippen LogP contribution in [0.3, 0.4) is 0 Å². The lowest BCUT2D eigenvalue weighted by Gasteiger charge is -2.35. The summed E-state index contributed by atoms with van der Waals surface area (Å²) in [6.07, 6.45) is 0. The summed E-state index contributed by atoms with van der Waals surface area (Å²) in [6, 6.07) is 7.94. The molecule has 2 heterocycles. The number of anilines is 3. The minimum absolute atomic E-state index is 0.144. The average Bonchev–Trinajstić information content (AvgIpc) is 2.56. The Morgan fingerprint density at radius 2 is 2.17 bits per heavy atom. The van der Waals surface area contributed by atoms with Gasteiger partial charge in [-0.15, -0.1) is 0 Å². The fourth-order valence-electron chi connectivity index (χ4n) is 2.85. The van der Waals surface area contributed by atoms with Crippen LogP contribution >= 0.6 is 15.9 Å². The van der Waals surface area contributed by atoms with Gasteiger partial charge in [-0.3, -0.25) is 0 Å². The third kappa shape index (κ3) is 3.70. The molecule has 128 valence electrons. The van der Waals surface area contributed by atoms with Crippen LogP contribution in [0, 0.1) is 0 Å². The number of nitrogen functional groups attached to an aromatic ring is 2. The Labute approximate surface area is 149 Å². The molecule has 0 bridgehead atoms. The van der Waals surface area contributed by atoms with Crippen LogP contribution in [0.25, 0.3) is 0 Å². The predicted octanol–water partition coefficient (Wildman–Crippen LogP) is 1.95. The molecule has 1 unspecified atom stereocenters. The molecule has 1 aliphatic heterocycles. The first-order valence-electron chi connectivity index (χ1n) is 7.87. The van der Waals surface area contributed by atoms with Crippen molar-refractivity contribution in [1.29, 1.82) is 0 Å². The Morgan fingerprint density at radius 3 is 2.92 bits per heavy atom. The first-order chi connectivity index (χ1) is 11.6. The highest BCUT2D eigenvalue weighted by Gasteiger charge is 2.24. The lowest BCUT2D eigenvalue weighted by atomic mass is 10.0. The summed E-state index contributed by atoms with van der Waals surface area (Å²) in [6.45, 7) is 5.04. The number of hydrogen-bond donors (Lipinski definition) is 3. The van der Waals surface area contributed by atoms with Crippen molar-refractivity contribution in [2.24, 2.45) is 0 Å². The average molecular weight is 393 g/mol. The summed E-state index contributed by atoms with van der Waals surface area (Å²) in [7, 11) is 0. The molecule has 8 heteroatoms. The van der Waals surface area contributed by atoms with Crippen LogP contribution in [0.1, 0.15) is 18.5 Å². The third-order valence-electron chi connectivity index (χ3n) is 3.90. The minimum Gasteiger partial charge on any atom is -0.494 e. The molecule has 0 aliphatic carbocycles. The van der Waals surface area contributed by atoms with Crippen molar-refractivity contribution in [3.63, 3.8) is 0 Å². The van der Waals surface area contributed by atoms with Crippen LogP contribution in [0.2, 0.25) is 0 Å². The van der Waals surface area contributed by atoms with Gasteiger partial charge in [0.05, 0.1) is 12.6 Å². The number of aromatic nitrogens is 2. The number of rotatable bonds is 4. The predicted molar refractivity (Wildman–Crippen MR) is 99.1 cm³/mol. The summed E-state index contributed by atoms with van der Waals surface area (Å²) >= 11 is 3.64. The van der Waals surface area contributed by atoms with E-state index in [1.54, 1.807) is 6.07 Å². The van der Waals surface area contributed by atoms with Crippen LogP contribution in [0.5, 0.6) is 5.75 Å². The van der Waals surface area contributed by atoms with Crippen molar-refractivity contribution in [2.75, 3.05) is 42.6 Å². The Balaban J connectivity index is 1.84. The number of piperazine rings is 1. The highest BCUT2D eigenvalue weighted by Crippen LogP contribution is 2.30. The molecule has 24 heavy (non-hydrogen) atoms. The molecule has 1 fully saturated rings. The Bertz CT molecular complexity index is 705. The fraction of sp³-hybridized carbons (Fsp3) is 0.375. The van der Waals surface area contributed by atoms with Gasteiger partial charge in [0.25, 0.3) is 0 Å². The molecule has 0 saturated carbocycles. The Hall–Kier alpha value is -2.06. The van der Waals surface area contributed by atoms with Crippen LogP contribution in [-0.4, -0.2) is 36.2 Å². The van der Waals surface area contributed by atoms with Gasteiger partial charge in [-0.1, -0.05) is 15.9 Å². The van der Waals surface area contributed by atoms with E-state index in [9.17, 15) is 0 Å². The van der Waals surface area contributed by atoms with Gasteiger partial charge in [0.1, 0.15) is 17.4 Å². The molecule has 7 nitrogen and oxygen atoms in total. The lowest BCUT2D eigenvalue weighted by molar-refractivity contribution is 0.339.